The maximum absolute atomic E-state index is 12.9. The van der Waals surface area contributed by atoms with Crippen LogP contribution >= 0.6 is 12.4 Å². The zero-order valence-corrected chi connectivity index (χ0v) is 16.1. The normalized spacial score (nSPS) is 17.8. The first-order valence-corrected chi connectivity index (χ1v) is 8.43. The number of amides is 1. The van der Waals surface area contributed by atoms with E-state index in [0.29, 0.717) is 25.4 Å². The van der Waals surface area contributed by atoms with E-state index < -0.39 is 4.92 Å². The monoisotopic (exact) mass is 387 g/mol. The highest BCUT2D eigenvalue weighted by molar-refractivity contribution is 5.99. The van der Waals surface area contributed by atoms with Crippen molar-refractivity contribution in [2.45, 2.75) is 32.7 Å². The van der Waals surface area contributed by atoms with Crippen molar-refractivity contribution in [3.05, 3.63) is 27.8 Å². The fraction of sp³-hybridized carbons (Fsp3) is 0.588. The number of ether oxygens (including phenoxy) is 2. The first-order chi connectivity index (χ1) is 11.9. The first kappa shape index (κ1) is 22.0. The Balaban J connectivity index is 0.00000338. The van der Waals surface area contributed by atoms with Gasteiger partial charge in [0.05, 0.1) is 24.7 Å². The molecule has 2 atom stereocenters. The summed E-state index contributed by atoms with van der Waals surface area (Å²) in [5.74, 6) is 0.372. The molecule has 1 fully saturated rings. The Morgan fingerprint density at radius 3 is 2.69 bits per heavy atom. The minimum absolute atomic E-state index is 0. The highest BCUT2D eigenvalue weighted by Crippen LogP contribution is 2.36. The zero-order chi connectivity index (χ0) is 18.6. The molecule has 2 rings (SSSR count). The van der Waals surface area contributed by atoms with E-state index in [2.05, 4.69) is 0 Å². The molecule has 0 saturated carbocycles. The Kier molecular flexibility index (Phi) is 8.10. The van der Waals surface area contributed by atoms with E-state index in [1.165, 1.54) is 19.2 Å². The number of methoxy groups -OCH3 is 1. The largest absolute Gasteiger partial charge is 0.493 e. The fourth-order valence-corrected chi connectivity index (χ4v) is 3.09. The van der Waals surface area contributed by atoms with Crippen LogP contribution in [0, 0.1) is 16.0 Å². The second-order valence-electron chi connectivity index (χ2n) is 6.22. The SMILES string of the molecule is CCOc1cc([N+](=O)[O-])c(C(=O)N2CCCC(C(C)N)C2)cc1OC.Cl. The van der Waals surface area contributed by atoms with E-state index in [1.54, 1.807) is 11.8 Å². The number of nitrogens with zero attached hydrogens (tertiary/aromatic N) is 2. The second kappa shape index (κ2) is 9.59. The topological polar surface area (TPSA) is 108 Å². The number of nitro groups is 1. The molecule has 0 aliphatic carbocycles. The predicted molar refractivity (Wildman–Crippen MR) is 100 cm³/mol. The molecule has 2 unspecified atom stereocenters. The van der Waals surface area contributed by atoms with Crippen molar-refractivity contribution in [3.63, 3.8) is 0 Å². The average Bonchev–Trinajstić information content (AvgIpc) is 2.61. The van der Waals surface area contributed by atoms with Gasteiger partial charge >= 0.3 is 0 Å². The Labute approximate surface area is 159 Å². The van der Waals surface area contributed by atoms with Crippen molar-refractivity contribution in [2.75, 3.05) is 26.8 Å². The second-order valence-corrected chi connectivity index (χ2v) is 6.22. The summed E-state index contributed by atoms with van der Waals surface area (Å²) in [4.78, 5) is 25.4. The Morgan fingerprint density at radius 1 is 1.46 bits per heavy atom. The van der Waals surface area contributed by atoms with Crippen LogP contribution < -0.4 is 15.2 Å². The molecular formula is C17H26ClN3O5. The molecule has 0 radical (unpaired) electrons. The third-order valence-corrected chi connectivity index (χ3v) is 4.50. The predicted octanol–water partition coefficient (Wildman–Crippen LogP) is 2.62. The average molecular weight is 388 g/mol. The van der Waals surface area contributed by atoms with Crippen molar-refractivity contribution < 1.29 is 19.2 Å². The molecule has 2 N–H and O–H groups in total. The van der Waals surface area contributed by atoms with Crippen LogP contribution in [-0.4, -0.2) is 48.6 Å². The number of halogens is 1. The number of carbonyl (C=O) groups excluding carboxylic acids is 1. The summed E-state index contributed by atoms with van der Waals surface area (Å²) in [6, 6.07) is 2.62. The van der Waals surface area contributed by atoms with E-state index in [4.69, 9.17) is 15.2 Å². The van der Waals surface area contributed by atoms with Gasteiger partial charge in [0.25, 0.3) is 11.6 Å². The molecule has 1 aliphatic rings. The zero-order valence-electron chi connectivity index (χ0n) is 15.3. The van der Waals surface area contributed by atoms with Crippen molar-refractivity contribution in [1.29, 1.82) is 0 Å². The minimum Gasteiger partial charge on any atom is -0.493 e. The summed E-state index contributed by atoms with van der Waals surface area (Å²) in [5, 5.41) is 11.5. The first-order valence-electron chi connectivity index (χ1n) is 8.43. The van der Waals surface area contributed by atoms with Gasteiger partial charge in [0, 0.05) is 25.2 Å². The summed E-state index contributed by atoms with van der Waals surface area (Å²) in [6.45, 7) is 5.09. The van der Waals surface area contributed by atoms with Crippen LogP contribution in [0.2, 0.25) is 0 Å². The molecule has 0 spiro atoms. The standard InChI is InChI=1S/C17H25N3O5.ClH/c1-4-25-16-9-14(20(22)23)13(8-15(16)24-3)17(21)19-7-5-6-12(10-19)11(2)18;/h8-9,11-12H,4-7,10,18H2,1-3H3;1H. The quantitative estimate of drug-likeness (QED) is 0.593. The molecule has 0 aromatic heterocycles. The summed E-state index contributed by atoms with van der Waals surface area (Å²) >= 11 is 0. The molecule has 1 amide bonds. The van der Waals surface area contributed by atoms with Crippen LogP contribution in [0.4, 0.5) is 5.69 Å². The highest BCUT2D eigenvalue weighted by Gasteiger charge is 2.31. The molecular weight excluding hydrogens is 362 g/mol. The molecule has 0 bridgehead atoms. The number of nitro benzene ring substituents is 1. The van der Waals surface area contributed by atoms with Gasteiger partial charge < -0.3 is 20.1 Å². The van der Waals surface area contributed by atoms with Crippen molar-refractivity contribution in [1.82, 2.24) is 4.90 Å². The van der Waals surface area contributed by atoms with Gasteiger partial charge in [-0.3, -0.25) is 14.9 Å². The lowest BCUT2D eigenvalue weighted by Crippen LogP contribution is -2.45. The summed E-state index contributed by atoms with van der Waals surface area (Å²) < 4.78 is 10.6. The number of likely N-dealkylation sites (tertiary alicyclic amines) is 1. The summed E-state index contributed by atoms with van der Waals surface area (Å²) in [7, 11) is 1.44. The van der Waals surface area contributed by atoms with Crippen molar-refractivity contribution in [3.8, 4) is 11.5 Å². The fourth-order valence-electron chi connectivity index (χ4n) is 3.09. The third kappa shape index (κ3) is 4.76. The number of benzene rings is 1. The Hall–Kier alpha value is -2.06. The van der Waals surface area contributed by atoms with Gasteiger partial charge in [0.1, 0.15) is 5.56 Å². The van der Waals surface area contributed by atoms with Gasteiger partial charge in [-0.05, 0) is 32.6 Å². The summed E-state index contributed by atoms with van der Waals surface area (Å²) in [6.07, 6.45) is 1.79. The number of piperidine rings is 1. The molecule has 1 aromatic rings. The van der Waals surface area contributed by atoms with Crippen LogP contribution in [0.1, 0.15) is 37.0 Å². The lowest BCUT2D eigenvalue weighted by Gasteiger charge is -2.34. The third-order valence-electron chi connectivity index (χ3n) is 4.50. The molecule has 1 saturated heterocycles. The maximum Gasteiger partial charge on any atom is 0.286 e. The van der Waals surface area contributed by atoms with Crippen LogP contribution in [-0.2, 0) is 0 Å². The molecule has 1 aliphatic heterocycles. The Morgan fingerprint density at radius 2 is 2.15 bits per heavy atom. The molecule has 9 heteroatoms. The van der Waals surface area contributed by atoms with E-state index in [-0.39, 0.29) is 47.3 Å². The van der Waals surface area contributed by atoms with Crippen LogP contribution in [0.25, 0.3) is 0 Å². The highest BCUT2D eigenvalue weighted by atomic mass is 35.5. The van der Waals surface area contributed by atoms with Crippen LogP contribution in [0.3, 0.4) is 0 Å². The smallest absolute Gasteiger partial charge is 0.286 e. The minimum atomic E-state index is -0.567. The van der Waals surface area contributed by atoms with Gasteiger partial charge in [-0.25, -0.2) is 0 Å². The number of carbonyl (C=O) groups is 1. The molecule has 146 valence electrons. The van der Waals surface area contributed by atoms with E-state index in [9.17, 15) is 14.9 Å². The lowest BCUT2D eigenvalue weighted by molar-refractivity contribution is -0.385. The van der Waals surface area contributed by atoms with Gasteiger partial charge in [0.2, 0.25) is 0 Å². The van der Waals surface area contributed by atoms with Crippen molar-refractivity contribution >= 4 is 24.0 Å². The molecule has 26 heavy (non-hydrogen) atoms. The number of hydrogen-bond donors (Lipinski definition) is 1. The van der Waals surface area contributed by atoms with E-state index >= 15 is 0 Å². The van der Waals surface area contributed by atoms with Gasteiger partial charge in [0.15, 0.2) is 11.5 Å². The number of rotatable bonds is 6. The molecule has 1 heterocycles. The Bertz CT molecular complexity index is 654. The summed E-state index contributed by atoms with van der Waals surface area (Å²) in [5.41, 5.74) is 5.69. The van der Waals surface area contributed by atoms with Crippen LogP contribution in [0.15, 0.2) is 12.1 Å². The van der Waals surface area contributed by atoms with Gasteiger partial charge in [-0.2, -0.15) is 0 Å². The maximum atomic E-state index is 12.9. The van der Waals surface area contributed by atoms with E-state index in [1.807, 2.05) is 6.92 Å². The van der Waals surface area contributed by atoms with E-state index in [0.717, 1.165) is 12.8 Å². The van der Waals surface area contributed by atoms with Crippen molar-refractivity contribution in [2.24, 2.45) is 11.7 Å². The number of hydrogen-bond acceptors (Lipinski definition) is 6. The number of nitrogens with two attached hydrogens (primary N) is 1. The van der Waals surface area contributed by atoms with Crippen LogP contribution in [0.5, 0.6) is 11.5 Å². The van der Waals surface area contributed by atoms with Gasteiger partial charge in [-0.15, -0.1) is 12.4 Å². The van der Waals surface area contributed by atoms with Gasteiger partial charge in [-0.1, -0.05) is 0 Å². The molecule has 1 aromatic carbocycles. The molecule has 8 nitrogen and oxygen atoms in total. The lowest BCUT2D eigenvalue weighted by atomic mass is 9.91.